The van der Waals surface area contributed by atoms with Gasteiger partial charge in [0.05, 0.1) is 35.6 Å². The van der Waals surface area contributed by atoms with E-state index in [9.17, 15) is 18.0 Å². The van der Waals surface area contributed by atoms with Crippen LogP contribution in [0.2, 0.25) is 0 Å². The lowest BCUT2D eigenvalue weighted by Gasteiger charge is -2.28. The molecule has 4 rings (SSSR count). The topological polar surface area (TPSA) is 111 Å². The molecule has 2 aromatic rings. The second-order valence-corrected chi connectivity index (χ2v) is 10.7. The van der Waals surface area contributed by atoms with Crippen molar-refractivity contribution in [3.8, 4) is 0 Å². The number of ether oxygens (including phenoxy) is 2. The Hall–Kier alpha value is -2.50. The number of nitrogens with zero attached hydrogens (tertiary/aromatic N) is 4. The van der Waals surface area contributed by atoms with Gasteiger partial charge in [-0.15, -0.1) is 0 Å². The van der Waals surface area contributed by atoms with E-state index in [2.05, 4.69) is 4.98 Å². The van der Waals surface area contributed by atoms with Gasteiger partial charge in [0.2, 0.25) is 10.0 Å². The van der Waals surface area contributed by atoms with Gasteiger partial charge in [-0.3, -0.25) is 9.59 Å². The Labute approximate surface area is 199 Å². The van der Waals surface area contributed by atoms with E-state index >= 15 is 0 Å². The van der Waals surface area contributed by atoms with E-state index < -0.39 is 22.1 Å². The van der Waals surface area contributed by atoms with Crippen molar-refractivity contribution in [1.82, 2.24) is 18.8 Å². The molecule has 1 unspecified atom stereocenters. The number of hydrogen-bond donors (Lipinski definition) is 0. The fraction of sp³-hybridized carbons (Fsp3) is 0.609. The molecule has 10 nitrogen and oxygen atoms in total. The minimum absolute atomic E-state index is 0.0771. The number of fused-ring (bicyclic) bond motifs is 1. The van der Waals surface area contributed by atoms with Crippen LogP contribution in [0.3, 0.4) is 0 Å². The van der Waals surface area contributed by atoms with E-state index in [1.54, 1.807) is 30.0 Å². The molecule has 0 spiro atoms. The molecule has 1 amide bonds. The van der Waals surface area contributed by atoms with Crippen LogP contribution in [0.25, 0.3) is 11.0 Å². The smallest absolute Gasteiger partial charge is 0.307 e. The minimum atomic E-state index is -3.62. The van der Waals surface area contributed by atoms with E-state index in [1.165, 1.54) is 4.31 Å². The van der Waals surface area contributed by atoms with Gasteiger partial charge in [-0.25, -0.2) is 13.4 Å². The fourth-order valence-electron chi connectivity index (χ4n) is 4.44. The Morgan fingerprint density at radius 1 is 1.12 bits per heavy atom. The summed E-state index contributed by atoms with van der Waals surface area (Å²) in [6.07, 6.45) is 2.67. The van der Waals surface area contributed by atoms with Gasteiger partial charge < -0.3 is 18.9 Å². The normalized spacial score (nSPS) is 18.7. The first-order valence-corrected chi connectivity index (χ1v) is 13.2. The molecular formula is C23H32N4O6S. The number of rotatable bonds is 7. The number of carbonyl (C=O) groups is 2. The zero-order chi connectivity index (χ0) is 24.3. The second kappa shape index (κ2) is 10.4. The standard InChI is InChI=1S/C23H32N4O6S/c1-17(23(29)26-10-4-3-5-11-26)33-22(28)9-8-21-24-19-16-18(6-7-20(19)25(21)2)34(30,31)27-12-14-32-15-13-27/h6-7,16-17H,3-5,8-15H2,1-2H3. The van der Waals surface area contributed by atoms with Crippen LogP contribution in [0.4, 0.5) is 0 Å². The van der Waals surface area contributed by atoms with E-state index in [0.717, 1.165) is 24.8 Å². The molecule has 0 radical (unpaired) electrons. The fourth-order valence-corrected chi connectivity index (χ4v) is 5.87. The predicted octanol–water partition coefficient (Wildman–Crippen LogP) is 1.47. The van der Waals surface area contributed by atoms with Crippen LogP contribution in [-0.2, 0) is 42.6 Å². The molecule has 2 aliphatic heterocycles. The molecule has 1 aromatic heterocycles. The quantitative estimate of drug-likeness (QED) is 0.538. The van der Waals surface area contributed by atoms with E-state index in [0.29, 0.717) is 57.2 Å². The Kier molecular flexibility index (Phi) is 7.54. The van der Waals surface area contributed by atoms with Crippen molar-refractivity contribution >= 4 is 32.9 Å². The lowest BCUT2D eigenvalue weighted by Crippen LogP contribution is -2.42. The van der Waals surface area contributed by atoms with Crippen molar-refractivity contribution < 1.29 is 27.5 Å². The first-order valence-electron chi connectivity index (χ1n) is 11.8. The number of aryl methyl sites for hydroxylation is 2. The third-order valence-corrected chi connectivity index (χ3v) is 8.32. The largest absolute Gasteiger partial charge is 0.453 e. The summed E-state index contributed by atoms with van der Waals surface area (Å²) in [5.41, 5.74) is 1.33. The van der Waals surface area contributed by atoms with Crippen molar-refractivity contribution in [3.63, 3.8) is 0 Å². The number of hydrogen-bond acceptors (Lipinski definition) is 7. The summed E-state index contributed by atoms with van der Waals surface area (Å²) in [7, 11) is -1.79. The molecule has 34 heavy (non-hydrogen) atoms. The number of amides is 1. The van der Waals surface area contributed by atoms with Gasteiger partial charge in [0.1, 0.15) is 5.82 Å². The highest BCUT2D eigenvalue weighted by Crippen LogP contribution is 2.23. The summed E-state index contributed by atoms with van der Waals surface area (Å²) in [5.74, 6) is 0.0353. The van der Waals surface area contributed by atoms with E-state index in [-0.39, 0.29) is 17.2 Å². The summed E-state index contributed by atoms with van der Waals surface area (Å²) in [6, 6.07) is 4.89. The SMILES string of the molecule is CC(OC(=O)CCc1nc2cc(S(=O)(=O)N3CCOCC3)ccc2n1C)C(=O)N1CCCCC1. The maximum absolute atomic E-state index is 13.0. The summed E-state index contributed by atoms with van der Waals surface area (Å²) < 4.78 is 39.8. The highest BCUT2D eigenvalue weighted by Gasteiger charge is 2.27. The Bertz CT molecular complexity index is 1150. The maximum Gasteiger partial charge on any atom is 0.307 e. The van der Waals surface area contributed by atoms with Crippen LogP contribution in [-0.4, -0.2) is 84.5 Å². The van der Waals surface area contributed by atoms with Crippen molar-refractivity contribution in [2.75, 3.05) is 39.4 Å². The summed E-state index contributed by atoms with van der Waals surface area (Å²) in [6.45, 7) is 4.46. The lowest BCUT2D eigenvalue weighted by atomic mass is 10.1. The summed E-state index contributed by atoms with van der Waals surface area (Å²) in [5, 5.41) is 0. The number of likely N-dealkylation sites (tertiary alicyclic amines) is 1. The monoisotopic (exact) mass is 492 g/mol. The van der Waals surface area contributed by atoms with E-state index in [1.807, 2.05) is 11.6 Å². The highest BCUT2D eigenvalue weighted by molar-refractivity contribution is 7.89. The number of morpholine rings is 1. The molecule has 0 N–H and O–H groups in total. The minimum Gasteiger partial charge on any atom is -0.453 e. The van der Waals surface area contributed by atoms with Crippen molar-refractivity contribution in [3.05, 3.63) is 24.0 Å². The number of aromatic nitrogens is 2. The molecule has 0 bridgehead atoms. The molecule has 0 saturated carbocycles. The lowest BCUT2D eigenvalue weighted by molar-refractivity contribution is -0.159. The van der Waals surface area contributed by atoms with Crippen LogP contribution >= 0.6 is 0 Å². The highest BCUT2D eigenvalue weighted by atomic mass is 32.2. The number of sulfonamides is 1. The molecule has 11 heteroatoms. The van der Waals surface area contributed by atoms with Gasteiger partial charge in [-0.05, 0) is 44.4 Å². The average molecular weight is 493 g/mol. The van der Waals surface area contributed by atoms with Crippen molar-refractivity contribution in [2.45, 2.75) is 50.0 Å². The van der Waals surface area contributed by atoms with Gasteiger partial charge in [0, 0.05) is 39.6 Å². The first kappa shape index (κ1) is 24.6. The third kappa shape index (κ3) is 5.26. The van der Waals surface area contributed by atoms with Gasteiger partial charge in [-0.1, -0.05) is 0 Å². The second-order valence-electron chi connectivity index (χ2n) is 8.77. The van der Waals surface area contributed by atoms with Crippen LogP contribution in [0, 0.1) is 0 Å². The van der Waals surface area contributed by atoms with Crippen LogP contribution in [0.1, 0.15) is 38.4 Å². The van der Waals surface area contributed by atoms with Crippen LogP contribution in [0.15, 0.2) is 23.1 Å². The molecule has 2 fully saturated rings. The van der Waals surface area contributed by atoms with Gasteiger partial charge in [0.15, 0.2) is 6.10 Å². The average Bonchev–Trinajstić information content (AvgIpc) is 3.18. The zero-order valence-corrected chi connectivity index (χ0v) is 20.6. The Morgan fingerprint density at radius 2 is 1.82 bits per heavy atom. The molecule has 186 valence electrons. The number of carbonyl (C=O) groups excluding carboxylic acids is 2. The van der Waals surface area contributed by atoms with Crippen LogP contribution < -0.4 is 0 Å². The van der Waals surface area contributed by atoms with Crippen molar-refractivity contribution in [2.24, 2.45) is 7.05 Å². The first-order chi connectivity index (χ1) is 16.3. The molecule has 2 saturated heterocycles. The van der Waals surface area contributed by atoms with Gasteiger partial charge >= 0.3 is 5.97 Å². The molecule has 1 atom stereocenters. The van der Waals surface area contributed by atoms with E-state index in [4.69, 9.17) is 9.47 Å². The molecular weight excluding hydrogens is 460 g/mol. The Balaban J connectivity index is 1.39. The zero-order valence-electron chi connectivity index (χ0n) is 19.7. The third-order valence-electron chi connectivity index (χ3n) is 6.43. The number of piperidine rings is 1. The maximum atomic E-state index is 13.0. The van der Waals surface area contributed by atoms with Gasteiger partial charge in [0.25, 0.3) is 5.91 Å². The molecule has 3 heterocycles. The summed E-state index contributed by atoms with van der Waals surface area (Å²) >= 11 is 0. The number of esters is 1. The summed E-state index contributed by atoms with van der Waals surface area (Å²) in [4.78, 5) is 31.4. The molecule has 0 aliphatic carbocycles. The van der Waals surface area contributed by atoms with Crippen LogP contribution in [0.5, 0.6) is 0 Å². The Morgan fingerprint density at radius 3 is 2.53 bits per heavy atom. The van der Waals surface area contributed by atoms with Crippen molar-refractivity contribution in [1.29, 1.82) is 0 Å². The number of imidazole rings is 1. The number of benzene rings is 1. The molecule has 1 aromatic carbocycles. The molecule has 2 aliphatic rings. The predicted molar refractivity (Wildman–Crippen MR) is 125 cm³/mol. The van der Waals surface area contributed by atoms with Gasteiger partial charge in [-0.2, -0.15) is 4.31 Å².